The Hall–Kier alpha value is -4.28. The van der Waals surface area contributed by atoms with Crippen molar-refractivity contribution >= 4 is 22.4 Å². The molecule has 0 saturated carbocycles. The molecule has 2 heterocycles. The smallest absolute Gasteiger partial charge is 0.363 e. The Kier molecular flexibility index (Phi) is 6.72. The number of nitrogens with zero attached hydrogens (tertiary/aromatic N) is 4. The van der Waals surface area contributed by atoms with E-state index in [4.69, 9.17) is 0 Å². The molecule has 4 aromatic rings. The van der Waals surface area contributed by atoms with Gasteiger partial charge in [-0.2, -0.15) is 13.2 Å². The summed E-state index contributed by atoms with van der Waals surface area (Å²) in [5.74, 6) is 0.823. The fourth-order valence-electron chi connectivity index (χ4n) is 4.20. The van der Waals surface area contributed by atoms with Crippen LogP contribution < -0.4 is 10.9 Å². The predicted octanol–water partition coefficient (Wildman–Crippen LogP) is 6.20. The molecule has 2 aromatic carbocycles. The Morgan fingerprint density at radius 2 is 1.84 bits per heavy atom. The standard InChI is InChI=1S/C26H24F3N5O3/c1-5-33-13-17(6-7-24(33)35)21-12-22-23(8-14(21)2)31-16(4)32-25(22)30-15(3)18-9-19(26(27,28)29)11-20(10-18)34(36)37/h6-13,15H,5H2,1-4H3,(H,30,31,32)/t15-/m1/s1. The second kappa shape index (κ2) is 9.64. The third-order valence-electron chi connectivity index (χ3n) is 6.12. The number of nitro benzene ring substituents is 1. The molecule has 0 aliphatic rings. The van der Waals surface area contributed by atoms with Crippen LogP contribution in [0.2, 0.25) is 0 Å². The summed E-state index contributed by atoms with van der Waals surface area (Å²) >= 11 is 0. The molecular formula is C26H24F3N5O3. The average molecular weight is 512 g/mol. The molecule has 0 unspecified atom stereocenters. The molecule has 0 radical (unpaired) electrons. The van der Waals surface area contributed by atoms with E-state index >= 15 is 0 Å². The molecule has 8 nitrogen and oxygen atoms in total. The number of benzene rings is 2. The van der Waals surface area contributed by atoms with E-state index in [1.165, 1.54) is 6.07 Å². The lowest BCUT2D eigenvalue weighted by atomic mass is 9.99. The minimum Gasteiger partial charge on any atom is -0.363 e. The number of pyridine rings is 1. The number of halogens is 3. The predicted molar refractivity (Wildman–Crippen MR) is 135 cm³/mol. The summed E-state index contributed by atoms with van der Waals surface area (Å²) in [6, 6.07) is 8.76. The van der Waals surface area contributed by atoms with Crippen LogP contribution in [0.25, 0.3) is 22.0 Å². The van der Waals surface area contributed by atoms with Gasteiger partial charge in [0.05, 0.1) is 22.0 Å². The van der Waals surface area contributed by atoms with Crippen molar-refractivity contribution in [3.8, 4) is 11.1 Å². The normalized spacial score (nSPS) is 12.5. The quantitative estimate of drug-likeness (QED) is 0.244. The molecule has 1 N–H and O–H groups in total. The van der Waals surface area contributed by atoms with Crippen molar-refractivity contribution in [1.82, 2.24) is 14.5 Å². The minimum atomic E-state index is -4.74. The molecule has 11 heteroatoms. The van der Waals surface area contributed by atoms with Gasteiger partial charge in [-0.05, 0) is 74.2 Å². The van der Waals surface area contributed by atoms with Crippen molar-refractivity contribution < 1.29 is 18.1 Å². The Morgan fingerprint density at radius 3 is 2.49 bits per heavy atom. The SMILES string of the molecule is CCn1cc(-c2cc3c(N[C@H](C)c4cc([N+](=O)[O-])cc(C(F)(F)F)c4)nc(C)nc3cc2C)ccc1=O. The summed E-state index contributed by atoms with van der Waals surface area (Å²) in [5.41, 5.74) is 1.43. The monoisotopic (exact) mass is 511 g/mol. The van der Waals surface area contributed by atoms with Crippen LogP contribution in [-0.4, -0.2) is 19.5 Å². The van der Waals surface area contributed by atoms with Gasteiger partial charge < -0.3 is 9.88 Å². The van der Waals surface area contributed by atoms with Gasteiger partial charge in [0.25, 0.3) is 11.2 Å². The van der Waals surface area contributed by atoms with E-state index in [2.05, 4.69) is 15.3 Å². The summed E-state index contributed by atoms with van der Waals surface area (Å²) in [4.78, 5) is 31.5. The van der Waals surface area contributed by atoms with Gasteiger partial charge in [0.2, 0.25) is 0 Å². The van der Waals surface area contributed by atoms with Gasteiger partial charge in [0.15, 0.2) is 0 Å². The Bertz CT molecular complexity index is 1580. The van der Waals surface area contributed by atoms with Crippen LogP contribution >= 0.6 is 0 Å². The zero-order chi connectivity index (χ0) is 27.1. The first-order valence-corrected chi connectivity index (χ1v) is 11.5. The van der Waals surface area contributed by atoms with Crippen molar-refractivity contribution in [2.45, 2.75) is 46.5 Å². The van der Waals surface area contributed by atoms with Crippen LogP contribution in [0.5, 0.6) is 0 Å². The van der Waals surface area contributed by atoms with Gasteiger partial charge in [0, 0.05) is 36.3 Å². The average Bonchev–Trinajstić information content (AvgIpc) is 2.83. The van der Waals surface area contributed by atoms with E-state index in [0.717, 1.165) is 28.8 Å². The number of rotatable bonds is 6. The van der Waals surface area contributed by atoms with Crippen LogP contribution in [0.15, 0.2) is 53.5 Å². The molecule has 0 aliphatic carbocycles. The topological polar surface area (TPSA) is 103 Å². The van der Waals surface area contributed by atoms with Gasteiger partial charge in [0.1, 0.15) is 11.6 Å². The summed E-state index contributed by atoms with van der Waals surface area (Å²) in [5, 5.41) is 15.0. The van der Waals surface area contributed by atoms with Crippen molar-refractivity contribution in [3.05, 3.63) is 91.6 Å². The molecule has 0 fully saturated rings. The largest absolute Gasteiger partial charge is 0.416 e. The molecule has 1 atom stereocenters. The highest BCUT2D eigenvalue weighted by molar-refractivity contribution is 5.94. The second-order valence-corrected chi connectivity index (χ2v) is 8.78. The summed E-state index contributed by atoms with van der Waals surface area (Å²) < 4.78 is 41.8. The maximum atomic E-state index is 13.4. The van der Waals surface area contributed by atoms with Crippen LogP contribution in [0, 0.1) is 24.0 Å². The number of hydrogen-bond donors (Lipinski definition) is 1. The number of aromatic nitrogens is 3. The number of aryl methyl sites for hydroxylation is 3. The first-order valence-electron chi connectivity index (χ1n) is 11.5. The molecule has 0 amide bonds. The van der Waals surface area contributed by atoms with E-state index in [9.17, 15) is 28.1 Å². The first-order chi connectivity index (χ1) is 17.4. The fraction of sp³-hybridized carbons (Fsp3) is 0.269. The summed E-state index contributed by atoms with van der Waals surface area (Å²) in [6.07, 6.45) is -2.97. The van der Waals surface area contributed by atoms with Crippen LogP contribution in [0.1, 0.15) is 42.4 Å². The maximum absolute atomic E-state index is 13.4. The van der Waals surface area contributed by atoms with E-state index in [1.54, 1.807) is 30.7 Å². The fourth-order valence-corrected chi connectivity index (χ4v) is 4.20. The van der Waals surface area contributed by atoms with Crippen molar-refractivity contribution in [1.29, 1.82) is 0 Å². The third-order valence-corrected chi connectivity index (χ3v) is 6.12. The number of fused-ring (bicyclic) bond motifs is 1. The Morgan fingerprint density at radius 1 is 1.11 bits per heavy atom. The van der Waals surface area contributed by atoms with Gasteiger partial charge in [-0.15, -0.1) is 0 Å². The van der Waals surface area contributed by atoms with Crippen molar-refractivity contribution in [3.63, 3.8) is 0 Å². The highest BCUT2D eigenvalue weighted by Gasteiger charge is 2.33. The van der Waals surface area contributed by atoms with E-state index in [-0.39, 0.29) is 11.1 Å². The van der Waals surface area contributed by atoms with Gasteiger partial charge in [-0.3, -0.25) is 14.9 Å². The number of nitrogens with one attached hydrogen (secondary N) is 1. The zero-order valence-corrected chi connectivity index (χ0v) is 20.6. The van der Waals surface area contributed by atoms with E-state index in [0.29, 0.717) is 35.2 Å². The lowest BCUT2D eigenvalue weighted by Crippen LogP contribution is -2.17. The molecule has 2 aromatic heterocycles. The number of nitro groups is 1. The van der Waals surface area contributed by atoms with Gasteiger partial charge >= 0.3 is 6.18 Å². The van der Waals surface area contributed by atoms with Crippen LogP contribution in [0.4, 0.5) is 24.7 Å². The lowest BCUT2D eigenvalue weighted by Gasteiger charge is -2.19. The molecule has 0 saturated heterocycles. The molecule has 0 spiro atoms. The first kappa shape index (κ1) is 25.8. The highest BCUT2D eigenvalue weighted by Crippen LogP contribution is 2.36. The van der Waals surface area contributed by atoms with Crippen molar-refractivity contribution in [2.24, 2.45) is 0 Å². The van der Waals surface area contributed by atoms with Gasteiger partial charge in [-0.1, -0.05) is 0 Å². The molecule has 37 heavy (non-hydrogen) atoms. The van der Waals surface area contributed by atoms with E-state index < -0.39 is 28.4 Å². The highest BCUT2D eigenvalue weighted by atomic mass is 19.4. The molecule has 0 bridgehead atoms. The second-order valence-electron chi connectivity index (χ2n) is 8.78. The number of anilines is 1. The molecule has 0 aliphatic heterocycles. The number of alkyl halides is 3. The molecule has 192 valence electrons. The summed E-state index contributed by atoms with van der Waals surface area (Å²) in [7, 11) is 0. The van der Waals surface area contributed by atoms with Crippen molar-refractivity contribution in [2.75, 3.05) is 5.32 Å². The zero-order valence-electron chi connectivity index (χ0n) is 20.6. The van der Waals surface area contributed by atoms with Crippen LogP contribution in [-0.2, 0) is 12.7 Å². The Labute approximate surface area is 210 Å². The number of hydrogen-bond acceptors (Lipinski definition) is 6. The summed E-state index contributed by atoms with van der Waals surface area (Å²) in [6.45, 7) is 7.61. The van der Waals surface area contributed by atoms with Gasteiger partial charge in [-0.25, -0.2) is 9.97 Å². The lowest BCUT2D eigenvalue weighted by molar-refractivity contribution is -0.385. The number of non-ortho nitro benzene ring substituents is 1. The van der Waals surface area contributed by atoms with E-state index in [1.807, 2.05) is 26.0 Å². The maximum Gasteiger partial charge on any atom is 0.416 e. The Balaban J connectivity index is 1.82. The molecule has 4 rings (SSSR count). The molecular weight excluding hydrogens is 487 g/mol. The minimum absolute atomic E-state index is 0.0910. The third kappa shape index (κ3) is 5.30. The van der Waals surface area contributed by atoms with Crippen LogP contribution in [0.3, 0.4) is 0 Å².